The van der Waals surface area contributed by atoms with Crippen LogP contribution in [-0.2, 0) is 14.8 Å². The second-order valence-corrected chi connectivity index (χ2v) is 8.18. The molecule has 0 aliphatic carbocycles. The lowest BCUT2D eigenvalue weighted by Gasteiger charge is -2.26. The minimum Gasteiger partial charge on any atom is -0.495 e. The summed E-state index contributed by atoms with van der Waals surface area (Å²) in [5, 5.41) is 0.295. The summed E-state index contributed by atoms with van der Waals surface area (Å²) in [7, 11) is -2.49. The molecule has 1 N–H and O–H groups in total. The predicted octanol–water partition coefficient (Wildman–Crippen LogP) is 2.26. The minimum absolute atomic E-state index is 0.0478. The van der Waals surface area contributed by atoms with Crippen molar-refractivity contribution in [3.05, 3.63) is 41.6 Å². The molecule has 1 aliphatic heterocycles. The number of hydrogen-bond acceptors (Lipinski definition) is 7. The Morgan fingerprint density at radius 3 is 2.71 bits per heavy atom. The summed E-state index contributed by atoms with van der Waals surface area (Å²) in [6.07, 6.45) is 1.40. The molecular formula is C18H22ClN3O5S. The maximum atomic E-state index is 12.6. The van der Waals surface area contributed by atoms with Crippen LogP contribution >= 0.6 is 11.6 Å². The van der Waals surface area contributed by atoms with Gasteiger partial charge in [0.05, 0.1) is 32.2 Å². The number of hydrogen-bond donors (Lipinski definition) is 1. The number of ether oxygens (including phenoxy) is 3. The smallest absolute Gasteiger partial charge is 0.265 e. The Morgan fingerprint density at radius 2 is 2.04 bits per heavy atom. The van der Waals surface area contributed by atoms with E-state index in [2.05, 4.69) is 14.6 Å². The Balaban J connectivity index is 1.59. The van der Waals surface area contributed by atoms with Gasteiger partial charge in [0.15, 0.2) is 0 Å². The van der Waals surface area contributed by atoms with Crippen molar-refractivity contribution in [2.24, 2.45) is 0 Å². The molecule has 1 aromatic heterocycles. The van der Waals surface area contributed by atoms with Gasteiger partial charge in [-0.1, -0.05) is 11.6 Å². The molecule has 152 valence electrons. The first-order chi connectivity index (χ1) is 13.5. The lowest BCUT2D eigenvalue weighted by Crippen LogP contribution is -2.38. The molecule has 0 unspecified atom stereocenters. The third kappa shape index (κ3) is 5.48. The first kappa shape index (κ1) is 20.7. The van der Waals surface area contributed by atoms with E-state index in [9.17, 15) is 8.42 Å². The van der Waals surface area contributed by atoms with Crippen molar-refractivity contribution in [2.75, 3.05) is 51.3 Å². The van der Waals surface area contributed by atoms with Crippen LogP contribution < -0.4 is 14.2 Å². The van der Waals surface area contributed by atoms with E-state index >= 15 is 0 Å². The summed E-state index contributed by atoms with van der Waals surface area (Å²) in [4.78, 5) is 6.36. The maximum absolute atomic E-state index is 12.6. The second-order valence-electron chi connectivity index (χ2n) is 6.09. The van der Waals surface area contributed by atoms with E-state index in [0.717, 1.165) is 32.8 Å². The molecule has 8 nitrogen and oxygen atoms in total. The van der Waals surface area contributed by atoms with E-state index in [1.807, 2.05) is 0 Å². The lowest BCUT2D eigenvalue weighted by atomic mass is 10.3. The summed E-state index contributed by atoms with van der Waals surface area (Å²) >= 11 is 5.92. The van der Waals surface area contributed by atoms with Crippen LogP contribution in [0.2, 0.25) is 5.02 Å². The third-order valence-corrected chi connectivity index (χ3v) is 5.80. The molecule has 1 saturated heterocycles. The Kier molecular flexibility index (Phi) is 6.95. The van der Waals surface area contributed by atoms with Crippen LogP contribution in [-0.4, -0.2) is 64.9 Å². The molecule has 1 aliphatic rings. The first-order valence-electron chi connectivity index (χ1n) is 8.73. The van der Waals surface area contributed by atoms with E-state index in [1.54, 1.807) is 18.2 Å². The van der Waals surface area contributed by atoms with Gasteiger partial charge in [-0.25, -0.2) is 13.4 Å². The number of benzene rings is 1. The van der Waals surface area contributed by atoms with Crippen molar-refractivity contribution in [3.63, 3.8) is 0 Å². The fourth-order valence-corrected chi connectivity index (χ4v) is 4.18. The highest BCUT2D eigenvalue weighted by molar-refractivity contribution is 7.92. The number of halogens is 1. The van der Waals surface area contributed by atoms with Crippen LogP contribution in [0.5, 0.6) is 11.6 Å². The molecule has 0 atom stereocenters. The number of nitrogens with zero attached hydrogens (tertiary/aromatic N) is 2. The number of anilines is 1. The Labute approximate surface area is 169 Å². The van der Waals surface area contributed by atoms with Gasteiger partial charge < -0.3 is 14.2 Å². The van der Waals surface area contributed by atoms with Crippen molar-refractivity contribution >= 4 is 27.3 Å². The number of sulfonamides is 1. The number of nitrogens with one attached hydrogen (secondary N) is 1. The highest BCUT2D eigenvalue weighted by atomic mass is 35.5. The van der Waals surface area contributed by atoms with Crippen molar-refractivity contribution in [2.45, 2.75) is 4.90 Å². The fourth-order valence-electron chi connectivity index (χ4n) is 2.70. The molecule has 1 aromatic carbocycles. The molecule has 2 heterocycles. The van der Waals surface area contributed by atoms with E-state index in [1.165, 1.54) is 25.4 Å². The molecule has 3 rings (SSSR count). The van der Waals surface area contributed by atoms with Gasteiger partial charge in [0.2, 0.25) is 5.88 Å². The van der Waals surface area contributed by atoms with Crippen molar-refractivity contribution in [1.82, 2.24) is 9.88 Å². The van der Waals surface area contributed by atoms with E-state index in [0.29, 0.717) is 23.2 Å². The number of rotatable bonds is 8. The summed E-state index contributed by atoms with van der Waals surface area (Å²) in [5.41, 5.74) is 0.308. The van der Waals surface area contributed by atoms with Crippen LogP contribution in [0.15, 0.2) is 41.4 Å². The largest absolute Gasteiger partial charge is 0.495 e. The van der Waals surface area contributed by atoms with Crippen LogP contribution in [0, 0.1) is 0 Å². The SMILES string of the molecule is COc1ccc(Cl)cc1S(=O)(=O)Nc1ccc(OCCN2CCOCC2)nc1. The quantitative estimate of drug-likeness (QED) is 0.691. The van der Waals surface area contributed by atoms with Crippen molar-refractivity contribution in [3.8, 4) is 11.6 Å². The molecule has 0 saturated carbocycles. The van der Waals surface area contributed by atoms with Gasteiger partial charge in [-0.15, -0.1) is 0 Å². The second kappa shape index (κ2) is 9.42. The standard InChI is InChI=1S/C18H22ClN3O5S/c1-25-16-4-2-14(19)12-17(16)28(23,24)21-15-3-5-18(20-13-15)27-11-8-22-6-9-26-10-7-22/h2-5,12-13,21H,6-11H2,1H3. The van der Waals surface area contributed by atoms with Gasteiger partial charge in [-0.3, -0.25) is 9.62 Å². The zero-order valence-corrected chi connectivity index (χ0v) is 17.0. The van der Waals surface area contributed by atoms with Gasteiger partial charge >= 0.3 is 0 Å². The van der Waals surface area contributed by atoms with Gasteiger partial charge in [0, 0.05) is 30.7 Å². The molecule has 1 fully saturated rings. The average Bonchev–Trinajstić information content (AvgIpc) is 2.70. The lowest BCUT2D eigenvalue weighted by molar-refractivity contribution is 0.0320. The van der Waals surface area contributed by atoms with Crippen LogP contribution in [0.25, 0.3) is 0 Å². The summed E-state index contributed by atoms with van der Waals surface area (Å²) in [6, 6.07) is 7.60. The molecule has 0 amide bonds. The predicted molar refractivity (Wildman–Crippen MR) is 106 cm³/mol. The molecule has 0 radical (unpaired) electrons. The third-order valence-electron chi connectivity index (χ3n) is 4.16. The molecule has 0 bridgehead atoms. The monoisotopic (exact) mass is 427 g/mol. The highest BCUT2D eigenvalue weighted by Gasteiger charge is 2.20. The van der Waals surface area contributed by atoms with Crippen molar-refractivity contribution < 1.29 is 22.6 Å². The van der Waals surface area contributed by atoms with E-state index in [-0.39, 0.29) is 10.6 Å². The average molecular weight is 428 g/mol. The highest BCUT2D eigenvalue weighted by Crippen LogP contribution is 2.28. The molecule has 0 spiro atoms. The Morgan fingerprint density at radius 1 is 1.25 bits per heavy atom. The molecule has 2 aromatic rings. The van der Waals surface area contributed by atoms with Gasteiger partial charge in [-0.2, -0.15) is 0 Å². The number of pyridine rings is 1. The summed E-state index contributed by atoms with van der Waals surface area (Å²) < 4.78 is 43.8. The van der Waals surface area contributed by atoms with E-state index in [4.69, 9.17) is 25.8 Å². The first-order valence-corrected chi connectivity index (χ1v) is 10.6. The van der Waals surface area contributed by atoms with Gasteiger partial charge in [-0.05, 0) is 24.3 Å². The minimum atomic E-state index is -3.88. The topological polar surface area (TPSA) is 90.0 Å². The number of morpholine rings is 1. The number of methoxy groups -OCH3 is 1. The molecule has 28 heavy (non-hydrogen) atoms. The Bertz CT molecular complexity index is 887. The van der Waals surface area contributed by atoms with Gasteiger partial charge in [0.1, 0.15) is 17.3 Å². The Hall–Kier alpha value is -2.07. The van der Waals surface area contributed by atoms with Crippen LogP contribution in [0.1, 0.15) is 0 Å². The zero-order valence-electron chi connectivity index (χ0n) is 15.4. The summed E-state index contributed by atoms with van der Waals surface area (Å²) in [6.45, 7) is 4.55. The normalized spacial score (nSPS) is 15.2. The van der Waals surface area contributed by atoms with Crippen LogP contribution in [0.3, 0.4) is 0 Å². The van der Waals surface area contributed by atoms with Gasteiger partial charge in [0.25, 0.3) is 10.0 Å². The number of aromatic nitrogens is 1. The summed E-state index contributed by atoms with van der Waals surface area (Å²) in [5.74, 6) is 0.629. The maximum Gasteiger partial charge on any atom is 0.265 e. The van der Waals surface area contributed by atoms with E-state index < -0.39 is 10.0 Å². The molecule has 10 heteroatoms. The zero-order chi connectivity index (χ0) is 20.0. The van der Waals surface area contributed by atoms with Crippen LogP contribution in [0.4, 0.5) is 5.69 Å². The fraction of sp³-hybridized carbons (Fsp3) is 0.389. The van der Waals surface area contributed by atoms with Crippen molar-refractivity contribution in [1.29, 1.82) is 0 Å². The molecular weight excluding hydrogens is 406 g/mol.